The van der Waals surface area contributed by atoms with E-state index in [-0.39, 0.29) is 5.97 Å². The van der Waals surface area contributed by atoms with Crippen molar-refractivity contribution in [3.63, 3.8) is 0 Å². The molecule has 1 aromatic heterocycles. The molecule has 1 heterocycles. The third-order valence-electron chi connectivity index (χ3n) is 2.24. The Balaban J connectivity index is 1.97. The normalized spacial score (nSPS) is 11.5. The van der Waals surface area contributed by atoms with E-state index in [2.05, 4.69) is 4.57 Å². The second-order valence-corrected chi connectivity index (χ2v) is 5.22. The molecule has 0 aliphatic carbocycles. The number of hydrogen-bond acceptors (Lipinski definition) is 3. The Labute approximate surface area is 109 Å². The molecule has 0 spiro atoms. The molecule has 4 heteroatoms. The molecule has 0 N–H and O–H groups in total. The minimum atomic E-state index is -0.411. The van der Waals surface area contributed by atoms with E-state index < -0.39 is 5.60 Å². The van der Waals surface area contributed by atoms with Gasteiger partial charge in [-0.1, -0.05) is 0 Å². The number of hydrogen-bond donors (Lipinski definition) is 0. The lowest BCUT2D eigenvalue weighted by Gasteiger charge is -2.19. The van der Waals surface area contributed by atoms with E-state index >= 15 is 0 Å². The maximum atomic E-state index is 11.4. The monoisotopic (exact) mass is 253 g/mol. The van der Waals surface area contributed by atoms with Crippen LogP contribution in [0.2, 0.25) is 0 Å². The number of nitrogens with zero attached hydrogens (tertiary/aromatic N) is 1. The van der Waals surface area contributed by atoms with Gasteiger partial charge in [0.1, 0.15) is 5.60 Å². The van der Waals surface area contributed by atoms with Crippen LogP contribution in [0.1, 0.15) is 33.6 Å². The zero-order valence-electron chi connectivity index (χ0n) is 11.5. The van der Waals surface area contributed by atoms with Crippen LogP contribution in [0, 0.1) is 0 Å². The molecule has 0 unspecified atom stereocenters. The predicted octanol–water partition coefficient (Wildman–Crippen LogP) is 2.63. The number of aryl methyl sites for hydroxylation is 1. The molecular weight excluding hydrogens is 230 g/mol. The minimum Gasteiger partial charge on any atom is -0.460 e. The predicted molar refractivity (Wildman–Crippen MR) is 70.3 cm³/mol. The van der Waals surface area contributed by atoms with Gasteiger partial charge >= 0.3 is 5.97 Å². The van der Waals surface area contributed by atoms with Crippen molar-refractivity contribution in [2.45, 2.75) is 45.8 Å². The Morgan fingerprint density at radius 3 is 2.44 bits per heavy atom. The summed E-state index contributed by atoms with van der Waals surface area (Å²) in [6.07, 6.45) is 5.32. The van der Waals surface area contributed by atoms with E-state index in [1.54, 1.807) is 0 Å². The average Bonchev–Trinajstić information content (AvgIpc) is 2.73. The summed E-state index contributed by atoms with van der Waals surface area (Å²) in [4.78, 5) is 11.4. The first-order chi connectivity index (χ1) is 8.47. The number of rotatable bonds is 7. The Kier molecular flexibility index (Phi) is 5.92. The lowest BCUT2D eigenvalue weighted by Crippen LogP contribution is -2.24. The van der Waals surface area contributed by atoms with Gasteiger partial charge in [-0.3, -0.25) is 4.79 Å². The van der Waals surface area contributed by atoms with E-state index in [0.29, 0.717) is 19.6 Å². The van der Waals surface area contributed by atoms with Gasteiger partial charge in [-0.25, -0.2) is 0 Å². The zero-order valence-corrected chi connectivity index (χ0v) is 11.5. The van der Waals surface area contributed by atoms with Crippen LogP contribution in [-0.2, 0) is 20.8 Å². The molecule has 0 fully saturated rings. The molecular formula is C14H23NO3. The molecule has 0 amide bonds. The summed E-state index contributed by atoms with van der Waals surface area (Å²) in [6.45, 7) is 7.63. The second-order valence-electron chi connectivity index (χ2n) is 5.22. The van der Waals surface area contributed by atoms with Gasteiger partial charge < -0.3 is 14.0 Å². The molecule has 0 radical (unpaired) electrons. The number of esters is 1. The highest BCUT2D eigenvalue weighted by Crippen LogP contribution is 2.08. The number of aromatic nitrogens is 1. The van der Waals surface area contributed by atoms with Crippen molar-refractivity contribution in [1.82, 2.24) is 4.57 Å². The molecule has 1 aromatic rings. The van der Waals surface area contributed by atoms with Gasteiger partial charge in [-0.2, -0.15) is 0 Å². The quantitative estimate of drug-likeness (QED) is 0.554. The first-order valence-electron chi connectivity index (χ1n) is 6.38. The topological polar surface area (TPSA) is 40.5 Å². The summed E-state index contributed by atoms with van der Waals surface area (Å²) in [6, 6.07) is 4.01. The van der Waals surface area contributed by atoms with E-state index in [4.69, 9.17) is 9.47 Å². The number of carbonyl (C=O) groups excluding carboxylic acids is 1. The van der Waals surface area contributed by atoms with Gasteiger partial charge in [0.25, 0.3) is 0 Å². The summed E-state index contributed by atoms with van der Waals surface area (Å²) in [5.41, 5.74) is -0.411. The van der Waals surface area contributed by atoms with Gasteiger partial charge in [0.15, 0.2) is 0 Å². The maximum absolute atomic E-state index is 11.4. The zero-order chi connectivity index (χ0) is 13.4. The summed E-state index contributed by atoms with van der Waals surface area (Å²) < 4.78 is 12.7. The Morgan fingerprint density at radius 2 is 1.83 bits per heavy atom. The van der Waals surface area contributed by atoms with E-state index in [1.165, 1.54) is 0 Å². The Bertz CT molecular complexity index is 338. The minimum absolute atomic E-state index is 0.201. The van der Waals surface area contributed by atoms with E-state index in [9.17, 15) is 4.79 Å². The van der Waals surface area contributed by atoms with Crippen LogP contribution >= 0.6 is 0 Å². The maximum Gasteiger partial charge on any atom is 0.308 e. The van der Waals surface area contributed by atoms with Crippen molar-refractivity contribution < 1.29 is 14.3 Å². The molecule has 0 atom stereocenters. The summed E-state index contributed by atoms with van der Waals surface area (Å²) in [5.74, 6) is -0.201. The molecule has 0 saturated carbocycles. The highest BCUT2D eigenvalue weighted by molar-refractivity contribution is 5.69. The van der Waals surface area contributed by atoms with Crippen LogP contribution < -0.4 is 0 Å². The van der Waals surface area contributed by atoms with Gasteiger partial charge in [0.05, 0.1) is 13.0 Å². The van der Waals surface area contributed by atoms with Crippen molar-refractivity contribution in [2.24, 2.45) is 0 Å². The SMILES string of the molecule is CC(C)(C)OC(=O)CCOCCCn1cccc1. The highest BCUT2D eigenvalue weighted by Gasteiger charge is 2.15. The molecule has 0 bridgehead atoms. The van der Waals surface area contributed by atoms with Gasteiger partial charge in [-0.15, -0.1) is 0 Å². The molecule has 0 aliphatic heterocycles. The number of carbonyl (C=O) groups is 1. The third kappa shape index (κ3) is 7.12. The van der Waals surface area contributed by atoms with Gasteiger partial charge in [-0.05, 0) is 39.3 Å². The first kappa shape index (κ1) is 14.8. The molecule has 18 heavy (non-hydrogen) atoms. The average molecular weight is 253 g/mol. The van der Waals surface area contributed by atoms with Crippen LogP contribution in [0.3, 0.4) is 0 Å². The molecule has 1 rings (SSSR count). The van der Waals surface area contributed by atoms with Crippen LogP contribution in [0.4, 0.5) is 0 Å². The number of ether oxygens (including phenoxy) is 2. The molecule has 0 aromatic carbocycles. The summed E-state index contributed by atoms with van der Waals surface area (Å²) in [5, 5.41) is 0. The van der Waals surface area contributed by atoms with Crippen molar-refractivity contribution in [2.75, 3.05) is 13.2 Å². The van der Waals surface area contributed by atoms with Crippen molar-refractivity contribution in [3.05, 3.63) is 24.5 Å². The van der Waals surface area contributed by atoms with Gasteiger partial charge in [0, 0.05) is 25.5 Å². The van der Waals surface area contributed by atoms with Crippen molar-refractivity contribution in [3.8, 4) is 0 Å². The lowest BCUT2D eigenvalue weighted by molar-refractivity contribution is -0.156. The third-order valence-corrected chi connectivity index (χ3v) is 2.24. The fourth-order valence-corrected chi connectivity index (χ4v) is 1.52. The molecule has 0 saturated heterocycles. The van der Waals surface area contributed by atoms with Crippen LogP contribution in [0.5, 0.6) is 0 Å². The molecule has 0 aliphatic rings. The van der Waals surface area contributed by atoms with Crippen molar-refractivity contribution in [1.29, 1.82) is 0 Å². The summed E-state index contributed by atoms with van der Waals surface area (Å²) >= 11 is 0. The smallest absolute Gasteiger partial charge is 0.308 e. The highest BCUT2D eigenvalue weighted by atomic mass is 16.6. The molecule has 4 nitrogen and oxygen atoms in total. The van der Waals surface area contributed by atoms with Crippen LogP contribution in [0.15, 0.2) is 24.5 Å². The molecule has 102 valence electrons. The fraction of sp³-hybridized carbons (Fsp3) is 0.643. The standard InChI is InChI=1S/C14H23NO3/c1-14(2,3)18-13(16)7-12-17-11-6-10-15-8-4-5-9-15/h4-5,8-9H,6-7,10-12H2,1-3H3. The largest absolute Gasteiger partial charge is 0.460 e. The lowest BCUT2D eigenvalue weighted by atomic mass is 10.2. The first-order valence-corrected chi connectivity index (χ1v) is 6.38. The Hall–Kier alpha value is -1.29. The summed E-state index contributed by atoms with van der Waals surface area (Å²) in [7, 11) is 0. The fourth-order valence-electron chi connectivity index (χ4n) is 1.52. The van der Waals surface area contributed by atoms with E-state index in [0.717, 1.165) is 13.0 Å². The second kappa shape index (κ2) is 7.21. The van der Waals surface area contributed by atoms with Gasteiger partial charge in [0.2, 0.25) is 0 Å². The van der Waals surface area contributed by atoms with Crippen LogP contribution in [0.25, 0.3) is 0 Å². The van der Waals surface area contributed by atoms with Crippen molar-refractivity contribution >= 4 is 5.97 Å². The van der Waals surface area contributed by atoms with E-state index in [1.807, 2.05) is 45.3 Å². The Morgan fingerprint density at radius 1 is 1.17 bits per heavy atom. The van der Waals surface area contributed by atoms with Crippen LogP contribution in [-0.4, -0.2) is 29.4 Å².